The number of amides is 2. The summed E-state index contributed by atoms with van der Waals surface area (Å²) >= 11 is 0. The summed E-state index contributed by atoms with van der Waals surface area (Å²) in [5.41, 5.74) is 2.64. The van der Waals surface area contributed by atoms with Gasteiger partial charge in [0.15, 0.2) is 0 Å². The summed E-state index contributed by atoms with van der Waals surface area (Å²) in [5.74, 6) is -0.795. The van der Waals surface area contributed by atoms with Crippen molar-refractivity contribution in [3.63, 3.8) is 0 Å². The van der Waals surface area contributed by atoms with Crippen LogP contribution in [0.2, 0.25) is 0 Å². The maximum absolute atomic E-state index is 13.3. The Kier molecular flexibility index (Phi) is 13.0. The zero-order valence-corrected chi connectivity index (χ0v) is 24.1. The van der Waals surface area contributed by atoms with Crippen molar-refractivity contribution in [1.29, 1.82) is 0 Å². The first-order valence-electron chi connectivity index (χ1n) is 13.7. The number of unbranched alkanes of at least 4 members (excludes halogenated alkanes) is 2. The van der Waals surface area contributed by atoms with E-state index >= 15 is 0 Å². The number of aliphatic carboxylic acids is 1. The molecule has 0 saturated carbocycles. The largest absolute Gasteiger partial charge is 0.481 e. The molecule has 1 heterocycles. The Morgan fingerprint density at radius 1 is 0.878 bits per heavy atom. The molecule has 1 aromatic heterocycles. The molecular weight excluding hydrogens is 540 g/mol. The standard InChI is InChI=1S/C31H38N4O5S/c1-41(40)21-18-26(34-29(36)13-6-3-8-19-32-28-12-7-9-20-33-28)31(39)35-27(22-30(37)38)25-16-14-24(15-17-25)23-10-4-2-5-11-23/h2,4-5,7,9-12,14-17,20,26-27H,3,6,8,13,18-19,21-22H2,1H3,(H,32,33)(H,34,36)(H,35,39)(H,37,38)/t26-,27?,41?/m0/s1. The van der Waals surface area contributed by atoms with Gasteiger partial charge in [0.05, 0.1) is 12.5 Å². The van der Waals surface area contributed by atoms with Gasteiger partial charge in [0.2, 0.25) is 11.8 Å². The summed E-state index contributed by atoms with van der Waals surface area (Å²) in [6.45, 7) is 0.739. The van der Waals surface area contributed by atoms with Gasteiger partial charge >= 0.3 is 5.97 Å². The van der Waals surface area contributed by atoms with E-state index in [1.165, 1.54) is 6.26 Å². The number of benzene rings is 2. The highest BCUT2D eigenvalue weighted by atomic mass is 32.2. The molecule has 3 aromatic rings. The Bertz CT molecular complexity index is 1270. The lowest BCUT2D eigenvalue weighted by Gasteiger charge is -2.23. The van der Waals surface area contributed by atoms with Gasteiger partial charge < -0.3 is 21.1 Å². The van der Waals surface area contributed by atoms with E-state index in [1.807, 2.05) is 60.7 Å². The van der Waals surface area contributed by atoms with Crippen molar-refractivity contribution in [1.82, 2.24) is 15.6 Å². The Balaban J connectivity index is 1.56. The van der Waals surface area contributed by atoms with Crippen molar-refractivity contribution < 1.29 is 23.7 Å². The van der Waals surface area contributed by atoms with Gasteiger partial charge in [0.25, 0.3) is 0 Å². The van der Waals surface area contributed by atoms with Gasteiger partial charge in [0.1, 0.15) is 11.9 Å². The van der Waals surface area contributed by atoms with Crippen molar-refractivity contribution in [2.24, 2.45) is 0 Å². The minimum Gasteiger partial charge on any atom is -0.481 e. The Labute approximate surface area is 243 Å². The summed E-state index contributed by atoms with van der Waals surface area (Å²) < 4.78 is 11.7. The number of anilines is 1. The Hall–Kier alpha value is -4.05. The molecule has 2 unspecified atom stereocenters. The van der Waals surface area contributed by atoms with E-state index in [2.05, 4.69) is 20.9 Å². The summed E-state index contributed by atoms with van der Waals surface area (Å²) in [4.78, 5) is 41.8. The molecular formula is C31H38N4O5S. The molecule has 4 N–H and O–H groups in total. The maximum Gasteiger partial charge on any atom is 0.305 e. The number of carbonyl (C=O) groups is 3. The molecule has 41 heavy (non-hydrogen) atoms. The quantitative estimate of drug-likeness (QED) is 0.175. The number of rotatable bonds is 17. The van der Waals surface area contributed by atoms with Gasteiger partial charge in [-0.25, -0.2) is 4.98 Å². The lowest BCUT2D eigenvalue weighted by molar-refractivity contribution is -0.138. The molecule has 0 saturated heterocycles. The topological polar surface area (TPSA) is 137 Å². The van der Waals surface area contributed by atoms with E-state index in [4.69, 9.17) is 0 Å². The van der Waals surface area contributed by atoms with Crippen LogP contribution in [-0.4, -0.2) is 56.7 Å². The average Bonchev–Trinajstić information content (AvgIpc) is 2.97. The van der Waals surface area contributed by atoms with Crippen LogP contribution in [0, 0.1) is 0 Å². The maximum atomic E-state index is 13.3. The highest BCUT2D eigenvalue weighted by molar-refractivity contribution is 7.84. The van der Waals surface area contributed by atoms with Crippen LogP contribution in [0.15, 0.2) is 79.0 Å². The molecule has 0 bridgehead atoms. The average molecular weight is 579 g/mol. The smallest absolute Gasteiger partial charge is 0.305 e. The molecule has 2 aromatic carbocycles. The molecule has 0 aliphatic carbocycles. The third kappa shape index (κ3) is 11.5. The fourth-order valence-corrected chi connectivity index (χ4v) is 4.90. The number of carbonyl (C=O) groups excluding carboxylic acids is 2. The van der Waals surface area contributed by atoms with Crippen LogP contribution in [0.1, 0.15) is 50.1 Å². The first-order chi connectivity index (χ1) is 19.8. The molecule has 0 aliphatic rings. The first-order valence-corrected chi connectivity index (χ1v) is 15.5. The second kappa shape index (κ2) is 16.9. The molecule has 9 nitrogen and oxygen atoms in total. The predicted molar refractivity (Wildman–Crippen MR) is 162 cm³/mol. The van der Waals surface area contributed by atoms with Crippen LogP contribution in [0.5, 0.6) is 0 Å². The summed E-state index contributed by atoms with van der Waals surface area (Å²) in [5, 5.41) is 18.3. The third-order valence-corrected chi connectivity index (χ3v) is 7.32. The van der Waals surface area contributed by atoms with Gasteiger partial charge in [-0.05, 0) is 48.1 Å². The van der Waals surface area contributed by atoms with E-state index < -0.39 is 34.8 Å². The van der Waals surface area contributed by atoms with Gasteiger partial charge in [-0.15, -0.1) is 0 Å². The van der Waals surface area contributed by atoms with Crippen LogP contribution in [0.25, 0.3) is 11.1 Å². The molecule has 3 atom stereocenters. The van der Waals surface area contributed by atoms with Gasteiger partial charge in [-0.3, -0.25) is 18.6 Å². The number of carboxylic acids is 1. The molecule has 3 rings (SSSR count). The number of nitrogens with one attached hydrogen (secondary N) is 3. The fourth-order valence-electron chi connectivity index (χ4n) is 4.33. The molecule has 0 fully saturated rings. The molecule has 0 aliphatic heterocycles. The Morgan fingerprint density at radius 3 is 2.24 bits per heavy atom. The molecule has 218 valence electrons. The minimum absolute atomic E-state index is 0.182. The second-order valence-electron chi connectivity index (χ2n) is 9.79. The van der Waals surface area contributed by atoms with Crippen LogP contribution < -0.4 is 16.0 Å². The van der Waals surface area contributed by atoms with Gasteiger partial charge in [-0.2, -0.15) is 0 Å². The second-order valence-corrected chi connectivity index (χ2v) is 11.3. The molecule has 10 heteroatoms. The summed E-state index contributed by atoms with van der Waals surface area (Å²) in [6.07, 6.45) is 5.72. The lowest BCUT2D eigenvalue weighted by Crippen LogP contribution is -2.48. The molecule has 0 radical (unpaired) electrons. The SMILES string of the molecule is CS(=O)CC[C@H](NC(=O)CCCCCNc1ccccn1)C(=O)NC(CC(=O)O)c1ccc(-c2ccccc2)cc1. The zero-order valence-electron chi connectivity index (χ0n) is 23.3. The monoisotopic (exact) mass is 578 g/mol. The van der Waals surface area contributed by atoms with Crippen molar-refractivity contribution in [3.05, 3.63) is 84.6 Å². The Morgan fingerprint density at radius 2 is 1.59 bits per heavy atom. The fraction of sp³-hybridized carbons (Fsp3) is 0.355. The first kappa shape index (κ1) is 31.5. The third-order valence-electron chi connectivity index (χ3n) is 6.51. The van der Waals surface area contributed by atoms with Crippen LogP contribution in [-0.2, 0) is 25.2 Å². The molecule has 2 amide bonds. The van der Waals surface area contributed by atoms with Gasteiger partial charge in [-0.1, -0.05) is 67.1 Å². The summed E-state index contributed by atoms with van der Waals surface area (Å²) in [7, 11) is -1.16. The number of aromatic nitrogens is 1. The number of hydrogen-bond acceptors (Lipinski definition) is 6. The van der Waals surface area contributed by atoms with Crippen LogP contribution in [0.3, 0.4) is 0 Å². The number of pyridine rings is 1. The van der Waals surface area contributed by atoms with Crippen molar-refractivity contribution in [3.8, 4) is 11.1 Å². The van der Waals surface area contributed by atoms with E-state index in [-0.39, 0.29) is 30.9 Å². The van der Waals surface area contributed by atoms with E-state index in [9.17, 15) is 23.7 Å². The number of carboxylic acid groups (broad SMARTS) is 1. The highest BCUT2D eigenvalue weighted by Crippen LogP contribution is 2.23. The highest BCUT2D eigenvalue weighted by Gasteiger charge is 2.25. The van der Waals surface area contributed by atoms with Crippen molar-refractivity contribution >= 4 is 34.4 Å². The van der Waals surface area contributed by atoms with E-state index in [0.717, 1.165) is 36.3 Å². The van der Waals surface area contributed by atoms with Crippen molar-refractivity contribution in [2.75, 3.05) is 23.9 Å². The van der Waals surface area contributed by atoms with Crippen LogP contribution in [0.4, 0.5) is 5.82 Å². The van der Waals surface area contributed by atoms with Crippen LogP contribution >= 0.6 is 0 Å². The minimum atomic E-state index is -1.16. The predicted octanol–water partition coefficient (Wildman–Crippen LogP) is 4.31. The normalized spacial score (nSPS) is 13.0. The lowest BCUT2D eigenvalue weighted by atomic mass is 9.98. The summed E-state index contributed by atoms with van der Waals surface area (Å²) in [6, 6.07) is 21.1. The zero-order chi connectivity index (χ0) is 29.5. The number of nitrogens with zero attached hydrogens (tertiary/aromatic N) is 1. The molecule has 0 spiro atoms. The van der Waals surface area contributed by atoms with E-state index in [1.54, 1.807) is 18.3 Å². The van der Waals surface area contributed by atoms with Crippen molar-refractivity contribution in [2.45, 2.75) is 50.6 Å². The number of hydrogen-bond donors (Lipinski definition) is 4. The van der Waals surface area contributed by atoms with Gasteiger partial charge in [0, 0.05) is 42.0 Å². The van der Waals surface area contributed by atoms with E-state index in [0.29, 0.717) is 12.0 Å².